The van der Waals surface area contributed by atoms with Gasteiger partial charge in [0, 0.05) is 5.69 Å². The standard InChI is InChI=1S/C12H20N2O5S/c1-8-3-10(13)9(2)11(4-8)20(18,19)14-12(5-15,6-16)7-17/h3-4,14-17H,5-7,13H2,1-2H3. The van der Waals surface area contributed by atoms with Crippen molar-refractivity contribution in [3.05, 3.63) is 23.3 Å². The van der Waals surface area contributed by atoms with E-state index < -0.39 is 35.4 Å². The highest BCUT2D eigenvalue weighted by Crippen LogP contribution is 2.24. The molecule has 0 fully saturated rings. The van der Waals surface area contributed by atoms with E-state index in [0.29, 0.717) is 16.8 Å². The van der Waals surface area contributed by atoms with Crippen molar-refractivity contribution in [2.75, 3.05) is 25.6 Å². The van der Waals surface area contributed by atoms with Gasteiger partial charge in [0.15, 0.2) is 0 Å². The third-order valence-electron chi connectivity index (χ3n) is 3.09. The molecule has 0 atom stereocenters. The van der Waals surface area contributed by atoms with E-state index in [9.17, 15) is 23.7 Å². The van der Waals surface area contributed by atoms with Gasteiger partial charge < -0.3 is 21.1 Å². The number of anilines is 1. The average molecular weight is 304 g/mol. The summed E-state index contributed by atoms with van der Waals surface area (Å²) in [4.78, 5) is -0.0466. The summed E-state index contributed by atoms with van der Waals surface area (Å²) in [6.07, 6.45) is 0. The number of aryl methyl sites for hydroxylation is 1. The molecule has 0 aliphatic carbocycles. The molecule has 0 spiro atoms. The zero-order valence-electron chi connectivity index (χ0n) is 11.4. The van der Waals surface area contributed by atoms with Gasteiger partial charge in [-0.2, -0.15) is 4.72 Å². The molecule has 1 rings (SSSR count). The Hall–Kier alpha value is -1.19. The van der Waals surface area contributed by atoms with Crippen LogP contribution in [0.4, 0.5) is 5.69 Å². The zero-order valence-corrected chi connectivity index (χ0v) is 12.2. The Kier molecular flexibility index (Phi) is 5.11. The van der Waals surface area contributed by atoms with Gasteiger partial charge in [-0.1, -0.05) is 0 Å². The van der Waals surface area contributed by atoms with Crippen molar-refractivity contribution in [1.82, 2.24) is 4.72 Å². The van der Waals surface area contributed by atoms with Crippen LogP contribution in [0, 0.1) is 13.8 Å². The number of sulfonamides is 1. The maximum absolute atomic E-state index is 12.3. The van der Waals surface area contributed by atoms with Crippen molar-refractivity contribution in [2.24, 2.45) is 0 Å². The van der Waals surface area contributed by atoms with Gasteiger partial charge in [-0.25, -0.2) is 8.42 Å². The highest BCUT2D eigenvalue weighted by molar-refractivity contribution is 7.89. The lowest BCUT2D eigenvalue weighted by molar-refractivity contribution is 0.0582. The SMILES string of the molecule is Cc1cc(N)c(C)c(S(=O)(=O)NC(CO)(CO)CO)c1. The maximum atomic E-state index is 12.3. The van der Waals surface area contributed by atoms with Crippen molar-refractivity contribution in [3.8, 4) is 0 Å². The first kappa shape index (κ1) is 16.9. The van der Waals surface area contributed by atoms with Gasteiger partial charge in [-0.05, 0) is 37.1 Å². The average Bonchev–Trinajstić information content (AvgIpc) is 2.40. The van der Waals surface area contributed by atoms with Crippen LogP contribution in [0.15, 0.2) is 17.0 Å². The minimum atomic E-state index is -4.04. The molecule has 6 N–H and O–H groups in total. The first-order valence-electron chi connectivity index (χ1n) is 5.94. The first-order chi connectivity index (χ1) is 9.21. The number of nitrogens with one attached hydrogen (secondary N) is 1. The third kappa shape index (κ3) is 3.28. The molecule has 0 saturated heterocycles. The van der Waals surface area contributed by atoms with Crippen molar-refractivity contribution in [3.63, 3.8) is 0 Å². The third-order valence-corrected chi connectivity index (χ3v) is 4.80. The molecule has 7 nitrogen and oxygen atoms in total. The van der Waals surface area contributed by atoms with E-state index in [-0.39, 0.29) is 4.90 Å². The monoisotopic (exact) mass is 304 g/mol. The Morgan fingerprint density at radius 1 is 1.15 bits per heavy atom. The summed E-state index contributed by atoms with van der Waals surface area (Å²) >= 11 is 0. The van der Waals surface area contributed by atoms with Crippen LogP contribution in [-0.2, 0) is 10.0 Å². The Balaban J connectivity index is 3.31. The van der Waals surface area contributed by atoms with E-state index in [1.165, 1.54) is 6.07 Å². The van der Waals surface area contributed by atoms with Gasteiger partial charge in [-0.15, -0.1) is 0 Å². The van der Waals surface area contributed by atoms with Crippen LogP contribution in [0.25, 0.3) is 0 Å². The van der Waals surface area contributed by atoms with Crippen LogP contribution in [-0.4, -0.2) is 49.1 Å². The largest absolute Gasteiger partial charge is 0.398 e. The molecule has 0 aromatic heterocycles. The topological polar surface area (TPSA) is 133 Å². The fourth-order valence-corrected chi connectivity index (χ4v) is 3.45. The van der Waals surface area contributed by atoms with Gasteiger partial charge >= 0.3 is 0 Å². The van der Waals surface area contributed by atoms with Gasteiger partial charge in [0.25, 0.3) is 0 Å². The molecule has 0 aliphatic heterocycles. The number of aliphatic hydroxyl groups excluding tert-OH is 3. The van der Waals surface area contributed by atoms with Crippen molar-refractivity contribution in [1.29, 1.82) is 0 Å². The van der Waals surface area contributed by atoms with E-state index >= 15 is 0 Å². The molecule has 0 unspecified atom stereocenters. The van der Waals surface area contributed by atoms with Gasteiger partial charge in [0.05, 0.1) is 24.7 Å². The molecule has 114 valence electrons. The fraction of sp³-hybridized carbons (Fsp3) is 0.500. The Labute approximate surface area is 118 Å². The van der Waals surface area contributed by atoms with Gasteiger partial charge in [-0.3, -0.25) is 0 Å². The second kappa shape index (κ2) is 6.06. The van der Waals surface area contributed by atoms with E-state index in [2.05, 4.69) is 4.72 Å². The summed E-state index contributed by atoms with van der Waals surface area (Å²) in [6, 6.07) is 3.08. The summed E-state index contributed by atoms with van der Waals surface area (Å²) in [5, 5.41) is 27.6. The minimum absolute atomic E-state index is 0.0466. The molecule has 0 amide bonds. The van der Waals surface area contributed by atoms with Crippen LogP contribution in [0.1, 0.15) is 11.1 Å². The number of benzene rings is 1. The number of nitrogens with two attached hydrogens (primary N) is 1. The van der Waals surface area contributed by atoms with E-state index in [1.807, 2.05) is 0 Å². The Morgan fingerprint density at radius 3 is 2.10 bits per heavy atom. The molecule has 1 aromatic rings. The van der Waals surface area contributed by atoms with Gasteiger partial charge in [0.2, 0.25) is 10.0 Å². The lowest BCUT2D eigenvalue weighted by Gasteiger charge is -2.28. The first-order valence-corrected chi connectivity index (χ1v) is 7.43. The molecule has 0 bridgehead atoms. The minimum Gasteiger partial charge on any atom is -0.398 e. The van der Waals surface area contributed by atoms with Crippen LogP contribution in [0.5, 0.6) is 0 Å². The van der Waals surface area contributed by atoms with Crippen LogP contribution >= 0.6 is 0 Å². The van der Waals surface area contributed by atoms with Crippen LogP contribution in [0.3, 0.4) is 0 Å². The zero-order chi connectivity index (χ0) is 15.6. The molecule has 0 saturated carbocycles. The second-order valence-corrected chi connectivity index (χ2v) is 6.49. The molecule has 8 heteroatoms. The molecule has 20 heavy (non-hydrogen) atoms. The fourth-order valence-electron chi connectivity index (χ4n) is 1.72. The molecule has 0 heterocycles. The summed E-state index contributed by atoms with van der Waals surface area (Å²) in [7, 11) is -4.04. The lowest BCUT2D eigenvalue weighted by atomic mass is 10.1. The molecular weight excluding hydrogens is 284 g/mol. The lowest BCUT2D eigenvalue weighted by Crippen LogP contribution is -2.56. The number of hydrogen-bond acceptors (Lipinski definition) is 6. The molecule has 1 aromatic carbocycles. The van der Waals surface area contributed by atoms with E-state index in [1.54, 1.807) is 19.9 Å². The van der Waals surface area contributed by atoms with Crippen molar-refractivity contribution >= 4 is 15.7 Å². The normalized spacial score (nSPS) is 12.7. The smallest absolute Gasteiger partial charge is 0.241 e. The van der Waals surface area contributed by atoms with E-state index in [4.69, 9.17) is 5.73 Å². The number of aliphatic hydroxyl groups is 3. The van der Waals surface area contributed by atoms with Crippen molar-refractivity contribution < 1.29 is 23.7 Å². The predicted octanol–water partition coefficient (Wildman–Crippen LogP) is -1.12. The summed E-state index contributed by atoms with van der Waals surface area (Å²) in [5.41, 5.74) is 5.38. The Bertz CT molecular complexity index is 573. The van der Waals surface area contributed by atoms with Gasteiger partial charge in [0.1, 0.15) is 5.54 Å². The quantitative estimate of drug-likeness (QED) is 0.423. The Morgan fingerprint density at radius 2 is 1.65 bits per heavy atom. The van der Waals surface area contributed by atoms with E-state index in [0.717, 1.165) is 0 Å². The number of hydrogen-bond donors (Lipinski definition) is 5. The molecular formula is C12H20N2O5S. The number of nitrogen functional groups attached to an aromatic ring is 1. The van der Waals surface area contributed by atoms with Crippen molar-refractivity contribution in [2.45, 2.75) is 24.3 Å². The molecule has 0 radical (unpaired) electrons. The number of rotatable bonds is 6. The maximum Gasteiger partial charge on any atom is 0.241 e. The summed E-state index contributed by atoms with van der Waals surface area (Å²) < 4.78 is 26.8. The highest BCUT2D eigenvalue weighted by Gasteiger charge is 2.34. The second-order valence-electron chi connectivity index (χ2n) is 4.84. The van der Waals surface area contributed by atoms with Crippen LogP contribution < -0.4 is 10.5 Å². The summed E-state index contributed by atoms with van der Waals surface area (Å²) in [5.74, 6) is 0. The highest BCUT2D eigenvalue weighted by atomic mass is 32.2. The predicted molar refractivity (Wildman–Crippen MR) is 74.6 cm³/mol. The molecule has 0 aliphatic rings. The van der Waals surface area contributed by atoms with Crippen LogP contribution in [0.2, 0.25) is 0 Å². The summed E-state index contributed by atoms with van der Waals surface area (Å²) in [6.45, 7) is 1.05.